The third kappa shape index (κ3) is 4.13. The monoisotopic (exact) mass is 339 g/mol. The van der Waals surface area contributed by atoms with Gasteiger partial charge < -0.3 is 14.4 Å². The summed E-state index contributed by atoms with van der Waals surface area (Å²) in [5.74, 6) is 2.27. The molecule has 1 fully saturated rings. The van der Waals surface area contributed by atoms with Crippen molar-refractivity contribution in [2.45, 2.75) is 19.3 Å². The Kier molecular flexibility index (Phi) is 5.59. The lowest BCUT2D eigenvalue weighted by atomic mass is 9.90. The summed E-state index contributed by atoms with van der Waals surface area (Å²) in [6, 6.07) is 15.7. The minimum absolute atomic E-state index is 0.144. The summed E-state index contributed by atoms with van der Waals surface area (Å²) in [5.41, 5.74) is 2.03. The maximum absolute atomic E-state index is 12.5. The number of carbonyl (C=O) groups is 1. The molecule has 1 heterocycles. The maximum Gasteiger partial charge on any atom is 0.253 e. The third-order valence-corrected chi connectivity index (χ3v) is 4.89. The van der Waals surface area contributed by atoms with Gasteiger partial charge in [-0.05, 0) is 55.0 Å². The van der Waals surface area contributed by atoms with Crippen molar-refractivity contribution in [1.29, 1.82) is 0 Å². The van der Waals surface area contributed by atoms with E-state index in [1.54, 1.807) is 14.2 Å². The number of nitrogens with zero attached hydrogens (tertiary/aromatic N) is 1. The lowest BCUT2D eigenvalue weighted by molar-refractivity contribution is 0.0690. The van der Waals surface area contributed by atoms with E-state index < -0.39 is 0 Å². The number of ether oxygens (including phenoxy) is 2. The van der Waals surface area contributed by atoms with Gasteiger partial charge in [-0.15, -0.1) is 0 Å². The molecule has 2 aromatic carbocycles. The van der Waals surface area contributed by atoms with Crippen molar-refractivity contribution in [3.8, 4) is 11.5 Å². The first-order valence-electron chi connectivity index (χ1n) is 8.76. The molecule has 0 atom stereocenters. The van der Waals surface area contributed by atoms with Gasteiger partial charge in [-0.1, -0.05) is 24.3 Å². The van der Waals surface area contributed by atoms with E-state index in [-0.39, 0.29) is 5.91 Å². The highest BCUT2D eigenvalue weighted by Gasteiger charge is 2.23. The van der Waals surface area contributed by atoms with Gasteiger partial charge in [0.05, 0.1) is 14.2 Å². The number of rotatable bonds is 5. The van der Waals surface area contributed by atoms with Crippen LogP contribution in [0.4, 0.5) is 0 Å². The lowest BCUT2D eigenvalue weighted by Crippen LogP contribution is -2.38. The molecule has 4 heteroatoms. The molecule has 0 unspecified atom stereocenters. The zero-order valence-electron chi connectivity index (χ0n) is 14.9. The second-order valence-corrected chi connectivity index (χ2v) is 6.50. The van der Waals surface area contributed by atoms with Crippen LogP contribution in [0.1, 0.15) is 28.8 Å². The Morgan fingerprint density at radius 1 is 1.00 bits per heavy atom. The summed E-state index contributed by atoms with van der Waals surface area (Å²) in [4.78, 5) is 14.5. The molecule has 0 bridgehead atoms. The molecule has 2 aromatic rings. The molecule has 3 rings (SSSR count). The quantitative estimate of drug-likeness (QED) is 0.832. The fraction of sp³-hybridized carbons (Fsp3) is 0.381. The predicted molar refractivity (Wildman–Crippen MR) is 98.3 cm³/mol. The Labute approximate surface area is 149 Å². The number of carbonyl (C=O) groups excluding carboxylic acids is 1. The van der Waals surface area contributed by atoms with Crippen molar-refractivity contribution in [3.05, 3.63) is 59.7 Å². The van der Waals surface area contributed by atoms with Crippen LogP contribution in [0.5, 0.6) is 11.5 Å². The number of piperidine rings is 1. The van der Waals surface area contributed by atoms with Crippen LogP contribution in [0.2, 0.25) is 0 Å². The zero-order chi connectivity index (χ0) is 17.6. The van der Waals surface area contributed by atoms with Crippen LogP contribution >= 0.6 is 0 Å². The second-order valence-electron chi connectivity index (χ2n) is 6.50. The molecule has 1 aliphatic heterocycles. The van der Waals surface area contributed by atoms with Crippen molar-refractivity contribution >= 4 is 5.91 Å². The molecule has 0 aliphatic carbocycles. The molecule has 0 aromatic heterocycles. The molecule has 0 radical (unpaired) electrons. The van der Waals surface area contributed by atoms with Crippen molar-refractivity contribution in [1.82, 2.24) is 4.90 Å². The van der Waals surface area contributed by atoms with E-state index in [1.807, 2.05) is 41.3 Å². The molecule has 4 nitrogen and oxygen atoms in total. The summed E-state index contributed by atoms with van der Waals surface area (Å²) in [5, 5.41) is 0. The standard InChI is InChI=1S/C21H25NO3/c1-24-19-9-8-17(15-20(19)25-2)14-16-10-12-22(13-11-16)21(23)18-6-4-3-5-7-18/h3-9,15-16H,10-14H2,1-2H3. The van der Waals surface area contributed by atoms with Crippen LogP contribution in [-0.2, 0) is 6.42 Å². The predicted octanol–water partition coefficient (Wildman–Crippen LogP) is 3.80. The first-order chi connectivity index (χ1) is 12.2. The molecule has 1 saturated heterocycles. The molecule has 1 amide bonds. The smallest absolute Gasteiger partial charge is 0.253 e. The van der Waals surface area contributed by atoms with Gasteiger partial charge in [0.2, 0.25) is 0 Å². The van der Waals surface area contributed by atoms with Gasteiger partial charge in [0.15, 0.2) is 11.5 Å². The highest BCUT2D eigenvalue weighted by molar-refractivity contribution is 5.94. The summed E-state index contributed by atoms with van der Waals surface area (Å²) in [6.45, 7) is 1.65. The van der Waals surface area contributed by atoms with Crippen LogP contribution in [0.3, 0.4) is 0 Å². The number of benzene rings is 2. The first-order valence-corrected chi connectivity index (χ1v) is 8.76. The lowest BCUT2D eigenvalue weighted by Gasteiger charge is -2.32. The third-order valence-electron chi connectivity index (χ3n) is 4.89. The normalized spacial score (nSPS) is 15.0. The SMILES string of the molecule is COc1ccc(CC2CCN(C(=O)c3ccccc3)CC2)cc1OC. The minimum atomic E-state index is 0.144. The van der Waals surface area contributed by atoms with Crippen LogP contribution in [-0.4, -0.2) is 38.1 Å². The van der Waals surface area contributed by atoms with Crippen LogP contribution in [0.15, 0.2) is 48.5 Å². The largest absolute Gasteiger partial charge is 0.493 e. The Bertz CT molecular complexity index is 706. The molecular formula is C21H25NO3. The fourth-order valence-electron chi connectivity index (χ4n) is 3.44. The summed E-state index contributed by atoms with van der Waals surface area (Å²) < 4.78 is 10.7. The van der Waals surface area contributed by atoms with E-state index in [1.165, 1.54) is 5.56 Å². The van der Waals surface area contributed by atoms with Crippen molar-refractivity contribution in [2.24, 2.45) is 5.92 Å². The second kappa shape index (κ2) is 8.06. The van der Waals surface area contributed by atoms with Gasteiger partial charge in [-0.2, -0.15) is 0 Å². The van der Waals surface area contributed by atoms with Gasteiger partial charge in [0.1, 0.15) is 0 Å². The van der Waals surface area contributed by atoms with E-state index in [0.29, 0.717) is 5.92 Å². The van der Waals surface area contributed by atoms with Gasteiger partial charge in [-0.25, -0.2) is 0 Å². The number of amides is 1. The van der Waals surface area contributed by atoms with Gasteiger partial charge in [-0.3, -0.25) is 4.79 Å². The van der Waals surface area contributed by atoms with E-state index in [9.17, 15) is 4.79 Å². The van der Waals surface area contributed by atoms with E-state index in [4.69, 9.17) is 9.47 Å². The van der Waals surface area contributed by atoms with Gasteiger partial charge in [0.25, 0.3) is 5.91 Å². The summed E-state index contributed by atoms with van der Waals surface area (Å²) in [7, 11) is 3.31. The zero-order valence-corrected chi connectivity index (χ0v) is 14.9. The Balaban J connectivity index is 1.57. The summed E-state index contributed by atoms with van der Waals surface area (Å²) >= 11 is 0. The van der Waals surface area contributed by atoms with E-state index >= 15 is 0 Å². The highest BCUT2D eigenvalue weighted by Crippen LogP contribution is 2.30. The Hall–Kier alpha value is -2.49. The average molecular weight is 339 g/mol. The van der Waals surface area contributed by atoms with Crippen molar-refractivity contribution < 1.29 is 14.3 Å². The molecule has 0 N–H and O–H groups in total. The van der Waals surface area contributed by atoms with E-state index in [2.05, 4.69) is 12.1 Å². The summed E-state index contributed by atoms with van der Waals surface area (Å²) in [6.07, 6.45) is 3.08. The van der Waals surface area contributed by atoms with E-state index in [0.717, 1.165) is 49.4 Å². The Morgan fingerprint density at radius 2 is 1.68 bits per heavy atom. The fourth-order valence-corrected chi connectivity index (χ4v) is 3.44. The first kappa shape index (κ1) is 17.3. The van der Waals surface area contributed by atoms with Gasteiger partial charge >= 0.3 is 0 Å². The molecule has 0 spiro atoms. The molecule has 132 valence electrons. The van der Waals surface area contributed by atoms with Crippen LogP contribution in [0.25, 0.3) is 0 Å². The Morgan fingerprint density at radius 3 is 2.32 bits per heavy atom. The van der Waals surface area contributed by atoms with Gasteiger partial charge in [0, 0.05) is 18.7 Å². The van der Waals surface area contributed by atoms with Crippen molar-refractivity contribution in [2.75, 3.05) is 27.3 Å². The minimum Gasteiger partial charge on any atom is -0.493 e. The van der Waals surface area contributed by atoms with Crippen LogP contribution in [0, 0.1) is 5.92 Å². The highest BCUT2D eigenvalue weighted by atomic mass is 16.5. The number of methoxy groups -OCH3 is 2. The van der Waals surface area contributed by atoms with Crippen molar-refractivity contribution in [3.63, 3.8) is 0 Å². The van der Waals surface area contributed by atoms with Crippen LogP contribution < -0.4 is 9.47 Å². The molecule has 1 aliphatic rings. The number of hydrogen-bond donors (Lipinski definition) is 0. The maximum atomic E-state index is 12.5. The molecule has 0 saturated carbocycles. The average Bonchev–Trinajstić information content (AvgIpc) is 2.68. The molecular weight excluding hydrogens is 314 g/mol. The topological polar surface area (TPSA) is 38.8 Å². The number of hydrogen-bond acceptors (Lipinski definition) is 3. The molecule has 25 heavy (non-hydrogen) atoms. The number of likely N-dealkylation sites (tertiary alicyclic amines) is 1.